The SMILES string of the molecule is CCCc1nnc2n1CCc1c(CC)nn(C3CCCC3)c1-2. The highest BCUT2D eigenvalue weighted by Crippen LogP contribution is 2.38. The largest absolute Gasteiger partial charge is 0.309 e. The summed E-state index contributed by atoms with van der Waals surface area (Å²) >= 11 is 0. The fourth-order valence-electron chi connectivity index (χ4n) is 4.09. The Morgan fingerprint density at radius 3 is 2.68 bits per heavy atom. The van der Waals surface area contributed by atoms with Crippen LogP contribution in [0.15, 0.2) is 0 Å². The number of aryl methyl sites for hydroxylation is 2. The van der Waals surface area contributed by atoms with Crippen molar-refractivity contribution in [3.8, 4) is 11.5 Å². The Hall–Kier alpha value is -1.65. The summed E-state index contributed by atoms with van der Waals surface area (Å²) in [4.78, 5) is 0. The van der Waals surface area contributed by atoms with E-state index in [0.29, 0.717) is 6.04 Å². The highest BCUT2D eigenvalue weighted by atomic mass is 15.4. The van der Waals surface area contributed by atoms with E-state index >= 15 is 0 Å². The number of fused-ring (bicyclic) bond motifs is 3. The van der Waals surface area contributed by atoms with Gasteiger partial charge in [-0.3, -0.25) is 4.68 Å². The lowest BCUT2D eigenvalue weighted by molar-refractivity contribution is 0.464. The monoisotopic (exact) mass is 299 g/mol. The molecule has 3 heterocycles. The lowest BCUT2D eigenvalue weighted by Crippen LogP contribution is -2.17. The number of rotatable bonds is 4. The minimum atomic E-state index is 0.562. The maximum Gasteiger partial charge on any atom is 0.182 e. The fourth-order valence-corrected chi connectivity index (χ4v) is 4.09. The van der Waals surface area contributed by atoms with Crippen LogP contribution in [0.4, 0.5) is 0 Å². The Labute approximate surface area is 131 Å². The van der Waals surface area contributed by atoms with E-state index in [9.17, 15) is 0 Å². The molecule has 1 saturated carbocycles. The van der Waals surface area contributed by atoms with Crippen LogP contribution >= 0.6 is 0 Å². The number of nitrogens with zero attached hydrogens (tertiary/aromatic N) is 5. The van der Waals surface area contributed by atoms with Crippen LogP contribution in [0.2, 0.25) is 0 Å². The second-order valence-corrected chi connectivity index (χ2v) is 6.60. The van der Waals surface area contributed by atoms with Gasteiger partial charge < -0.3 is 4.57 Å². The fraction of sp³-hybridized carbons (Fsp3) is 0.706. The van der Waals surface area contributed by atoms with Crippen LogP contribution in [0.5, 0.6) is 0 Å². The summed E-state index contributed by atoms with van der Waals surface area (Å²) in [5.41, 5.74) is 3.97. The lowest BCUT2D eigenvalue weighted by Gasteiger charge is -2.20. The summed E-state index contributed by atoms with van der Waals surface area (Å²) in [6.45, 7) is 5.42. The van der Waals surface area contributed by atoms with E-state index in [1.807, 2.05) is 0 Å². The molecule has 4 rings (SSSR count). The molecule has 22 heavy (non-hydrogen) atoms. The van der Waals surface area contributed by atoms with Gasteiger partial charge in [0, 0.05) is 18.5 Å². The standard InChI is InChI=1S/C17H25N5/c1-3-7-15-18-19-17-16-13(10-11-21(15)17)14(4-2)20-22(16)12-8-5-6-9-12/h12H,3-11H2,1-2H3. The zero-order chi connectivity index (χ0) is 15.1. The van der Waals surface area contributed by atoms with E-state index < -0.39 is 0 Å². The quantitative estimate of drug-likeness (QED) is 0.870. The molecule has 0 saturated heterocycles. The molecule has 1 aliphatic heterocycles. The Bertz CT molecular complexity index is 676. The van der Waals surface area contributed by atoms with Crippen molar-refractivity contribution < 1.29 is 0 Å². The van der Waals surface area contributed by atoms with Gasteiger partial charge in [-0.1, -0.05) is 26.7 Å². The first-order valence-electron chi connectivity index (χ1n) is 8.86. The molecule has 0 atom stereocenters. The van der Waals surface area contributed by atoms with E-state index in [1.54, 1.807) is 0 Å². The van der Waals surface area contributed by atoms with Gasteiger partial charge in [-0.05, 0) is 32.1 Å². The summed E-state index contributed by atoms with van der Waals surface area (Å²) < 4.78 is 4.63. The second kappa shape index (κ2) is 5.52. The third kappa shape index (κ3) is 2.02. The van der Waals surface area contributed by atoms with Crippen molar-refractivity contribution in [2.45, 2.75) is 77.8 Å². The molecular formula is C17H25N5. The Kier molecular flexibility index (Phi) is 3.51. The molecule has 5 heteroatoms. The molecule has 0 bridgehead atoms. The first kappa shape index (κ1) is 14.0. The van der Waals surface area contributed by atoms with E-state index in [2.05, 4.69) is 33.3 Å². The van der Waals surface area contributed by atoms with E-state index in [4.69, 9.17) is 5.10 Å². The first-order valence-corrected chi connectivity index (χ1v) is 8.86. The third-order valence-electron chi connectivity index (χ3n) is 5.20. The van der Waals surface area contributed by atoms with Crippen LogP contribution in [0, 0.1) is 0 Å². The summed E-state index contributed by atoms with van der Waals surface area (Å²) in [6.07, 6.45) is 9.39. The van der Waals surface area contributed by atoms with Crippen LogP contribution in [0.3, 0.4) is 0 Å². The van der Waals surface area contributed by atoms with Crippen molar-refractivity contribution >= 4 is 0 Å². The van der Waals surface area contributed by atoms with Crippen molar-refractivity contribution in [3.05, 3.63) is 17.1 Å². The second-order valence-electron chi connectivity index (χ2n) is 6.60. The van der Waals surface area contributed by atoms with Crippen molar-refractivity contribution in [3.63, 3.8) is 0 Å². The molecule has 2 aromatic heterocycles. The van der Waals surface area contributed by atoms with Gasteiger partial charge in [0.1, 0.15) is 11.5 Å². The van der Waals surface area contributed by atoms with Gasteiger partial charge >= 0.3 is 0 Å². The summed E-state index contributed by atoms with van der Waals surface area (Å²) in [6, 6.07) is 0.562. The van der Waals surface area contributed by atoms with Gasteiger partial charge in [0.05, 0.1) is 11.7 Å². The van der Waals surface area contributed by atoms with Crippen LogP contribution in [0.25, 0.3) is 11.5 Å². The van der Waals surface area contributed by atoms with Crippen molar-refractivity contribution in [2.24, 2.45) is 0 Å². The molecule has 0 radical (unpaired) electrons. The van der Waals surface area contributed by atoms with Gasteiger partial charge in [0.25, 0.3) is 0 Å². The van der Waals surface area contributed by atoms with E-state index in [0.717, 1.165) is 43.9 Å². The molecule has 1 fully saturated rings. The average Bonchev–Trinajstić information content (AvgIpc) is 3.24. The highest BCUT2D eigenvalue weighted by molar-refractivity contribution is 5.60. The van der Waals surface area contributed by atoms with Crippen LogP contribution < -0.4 is 0 Å². The van der Waals surface area contributed by atoms with Crippen molar-refractivity contribution in [1.82, 2.24) is 24.5 Å². The summed E-state index contributed by atoms with van der Waals surface area (Å²) in [5.74, 6) is 2.20. The minimum Gasteiger partial charge on any atom is -0.309 e. The average molecular weight is 299 g/mol. The van der Waals surface area contributed by atoms with Gasteiger partial charge in [-0.25, -0.2) is 0 Å². The van der Waals surface area contributed by atoms with Crippen LogP contribution in [0.1, 0.15) is 69.1 Å². The highest BCUT2D eigenvalue weighted by Gasteiger charge is 2.31. The maximum absolute atomic E-state index is 4.98. The molecule has 5 nitrogen and oxygen atoms in total. The lowest BCUT2D eigenvalue weighted by atomic mass is 10.0. The van der Waals surface area contributed by atoms with Crippen LogP contribution in [-0.2, 0) is 25.8 Å². The normalized spacial score (nSPS) is 17.7. The van der Waals surface area contributed by atoms with Gasteiger partial charge in [-0.15, -0.1) is 10.2 Å². The van der Waals surface area contributed by atoms with E-state index in [1.165, 1.54) is 42.6 Å². The molecule has 2 aromatic rings. The molecule has 118 valence electrons. The Balaban J connectivity index is 1.85. The molecule has 1 aliphatic carbocycles. The van der Waals surface area contributed by atoms with E-state index in [-0.39, 0.29) is 0 Å². The maximum atomic E-state index is 4.98. The molecular weight excluding hydrogens is 274 g/mol. The summed E-state index contributed by atoms with van der Waals surface area (Å²) in [7, 11) is 0. The zero-order valence-electron chi connectivity index (χ0n) is 13.7. The number of hydrogen-bond donors (Lipinski definition) is 0. The number of aromatic nitrogens is 5. The molecule has 0 N–H and O–H groups in total. The van der Waals surface area contributed by atoms with Crippen molar-refractivity contribution in [1.29, 1.82) is 0 Å². The summed E-state index contributed by atoms with van der Waals surface area (Å²) in [5, 5.41) is 14.0. The third-order valence-corrected chi connectivity index (χ3v) is 5.20. The van der Waals surface area contributed by atoms with Gasteiger partial charge in [-0.2, -0.15) is 5.10 Å². The molecule has 2 aliphatic rings. The van der Waals surface area contributed by atoms with Gasteiger partial charge in [0.15, 0.2) is 5.82 Å². The van der Waals surface area contributed by atoms with Crippen LogP contribution in [-0.4, -0.2) is 24.5 Å². The van der Waals surface area contributed by atoms with Gasteiger partial charge in [0.2, 0.25) is 0 Å². The molecule has 0 unspecified atom stereocenters. The smallest absolute Gasteiger partial charge is 0.182 e. The zero-order valence-corrected chi connectivity index (χ0v) is 13.7. The molecule has 0 amide bonds. The molecule has 0 spiro atoms. The molecule has 0 aromatic carbocycles. The predicted octanol–water partition coefficient (Wildman–Crippen LogP) is 3.33. The first-order chi connectivity index (χ1) is 10.8. The minimum absolute atomic E-state index is 0.562. The number of hydrogen-bond acceptors (Lipinski definition) is 3. The Morgan fingerprint density at radius 2 is 1.95 bits per heavy atom. The Morgan fingerprint density at radius 1 is 1.14 bits per heavy atom. The van der Waals surface area contributed by atoms with Crippen molar-refractivity contribution in [2.75, 3.05) is 0 Å². The predicted molar refractivity (Wildman–Crippen MR) is 85.8 cm³/mol. The topological polar surface area (TPSA) is 48.5 Å².